The van der Waals surface area contributed by atoms with Gasteiger partial charge >= 0.3 is 0 Å². The quantitative estimate of drug-likeness (QED) is 0.354. The molecule has 1 atom stereocenters. The molecule has 196 valence electrons. The van der Waals surface area contributed by atoms with Crippen LogP contribution in [0.2, 0.25) is 0 Å². The summed E-state index contributed by atoms with van der Waals surface area (Å²) in [5, 5.41) is 13.7. The SMILES string of the molecule is Cc1cc(C(N)=O)nn1-c1ccc(Cc2ccc(-c3ccc(CN4CC(F)(F)C[C@@H]4CO)cc3)cc2)cc1. The lowest BCUT2D eigenvalue weighted by atomic mass is 9.99. The van der Waals surface area contributed by atoms with E-state index in [2.05, 4.69) is 29.4 Å². The van der Waals surface area contributed by atoms with Gasteiger partial charge in [-0.2, -0.15) is 5.10 Å². The molecule has 0 unspecified atom stereocenters. The minimum Gasteiger partial charge on any atom is -0.395 e. The van der Waals surface area contributed by atoms with Crippen LogP contribution in [0.25, 0.3) is 16.8 Å². The minimum atomic E-state index is -2.74. The number of benzene rings is 3. The van der Waals surface area contributed by atoms with E-state index in [1.54, 1.807) is 15.6 Å². The van der Waals surface area contributed by atoms with Crippen molar-refractivity contribution in [2.45, 2.75) is 38.3 Å². The van der Waals surface area contributed by atoms with E-state index in [1.165, 1.54) is 5.56 Å². The van der Waals surface area contributed by atoms with Gasteiger partial charge in [-0.25, -0.2) is 13.5 Å². The maximum absolute atomic E-state index is 13.7. The Labute approximate surface area is 220 Å². The number of halogens is 2. The normalized spacial score (nSPS) is 17.1. The molecule has 3 N–H and O–H groups in total. The van der Waals surface area contributed by atoms with Crippen LogP contribution in [0.3, 0.4) is 0 Å². The van der Waals surface area contributed by atoms with Crippen molar-refractivity contribution in [1.29, 1.82) is 0 Å². The summed E-state index contributed by atoms with van der Waals surface area (Å²) in [6, 6.07) is 25.5. The number of amides is 1. The maximum atomic E-state index is 13.7. The van der Waals surface area contributed by atoms with Gasteiger partial charge < -0.3 is 10.8 Å². The molecule has 38 heavy (non-hydrogen) atoms. The summed E-state index contributed by atoms with van der Waals surface area (Å²) in [6.45, 7) is 1.70. The van der Waals surface area contributed by atoms with Crippen molar-refractivity contribution in [2.75, 3.05) is 13.2 Å². The highest BCUT2D eigenvalue weighted by molar-refractivity contribution is 5.90. The Hall–Kier alpha value is -3.88. The van der Waals surface area contributed by atoms with E-state index in [0.717, 1.165) is 40.1 Å². The average Bonchev–Trinajstić information content (AvgIpc) is 3.44. The number of nitrogens with zero attached hydrogens (tertiary/aromatic N) is 3. The van der Waals surface area contributed by atoms with Gasteiger partial charge in [-0.15, -0.1) is 0 Å². The number of aliphatic hydroxyl groups is 1. The van der Waals surface area contributed by atoms with Crippen molar-refractivity contribution in [3.8, 4) is 16.8 Å². The number of hydrogen-bond donors (Lipinski definition) is 2. The standard InChI is InChI=1S/C30H30F2N4O2/c1-20-14-28(29(33)38)34-36(20)26-12-6-22(7-13-26)15-21-2-8-24(9-3-21)25-10-4-23(5-11-25)17-35-19-30(31,32)16-27(35)18-37/h2-14,27,37H,15-19H2,1H3,(H2,33,38)/t27-/m1/s1. The number of likely N-dealkylation sites (tertiary alicyclic amines) is 1. The van der Waals surface area contributed by atoms with Crippen molar-refractivity contribution >= 4 is 5.91 Å². The summed E-state index contributed by atoms with van der Waals surface area (Å²) in [5.74, 6) is -3.29. The fourth-order valence-corrected chi connectivity index (χ4v) is 5.03. The van der Waals surface area contributed by atoms with Crippen LogP contribution in [-0.2, 0) is 13.0 Å². The van der Waals surface area contributed by atoms with Crippen molar-refractivity contribution in [2.24, 2.45) is 5.73 Å². The second kappa shape index (κ2) is 10.5. The summed E-state index contributed by atoms with van der Waals surface area (Å²) in [7, 11) is 0. The van der Waals surface area contributed by atoms with Gasteiger partial charge in [-0.3, -0.25) is 9.69 Å². The summed E-state index contributed by atoms with van der Waals surface area (Å²) >= 11 is 0. The number of hydrogen-bond acceptors (Lipinski definition) is 4. The number of nitrogens with two attached hydrogens (primary N) is 1. The molecule has 1 aromatic heterocycles. The molecule has 1 fully saturated rings. The van der Waals surface area contributed by atoms with Crippen LogP contribution in [-0.4, -0.2) is 50.8 Å². The molecule has 0 aliphatic carbocycles. The van der Waals surface area contributed by atoms with Crippen LogP contribution >= 0.6 is 0 Å². The van der Waals surface area contributed by atoms with Gasteiger partial charge in [-0.1, -0.05) is 60.7 Å². The zero-order valence-corrected chi connectivity index (χ0v) is 21.1. The minimum absolute atomic E-state index is 0.243. The molecule has 3 aromatic carbocycles. The Balaban J connectivity index is 1.21. The van der Waals surface area contributed by atoms with E-state index < -0.39 is 17.9 Å². The maximum Gasteiger partial charge on any atom is 0.269 e. The first-order valence-electron chi connectivity index (χ1n) is 12.6. The number of carbonyl (C=O) groups is 1. The Morgan fingerprint density at radius 2 is 1.53 bits per heavy atom. The first-order valence-corrected chi connectivity index (χ1v) is 12.6. The Kier molecular flexibility index (Phi) is 7.10. The van der Waals surface area contributed by atoms with Crippen LogP contribution in [0.4, 0.5) is 8.78 Å². The lowest BCUT2D eigenvalue weighted by molar-refractivity contribution is 0.0111. The zero-order valence-electron chi connectivity index (χ0n) is 21.1. The number of alkyl halides is 2. The van der Waals surface area contributed by atoms with E-state index in [9.17, 15) is 18.7 Å². The molecule has 1 aliphatic rings. The van der Waals surface area contributed by atoms with E-state index >= 15 is 0 Å². The van der Waals surface area contributed by atoms with Crippen LogP contribution < -0.4 is 5.73 Å². The van der Waals surface area contributed by atoms with Crippen LogP contribution in [0.1, 0.15) is 39.3 Å². The average molecular weight is 517 g/mol. The number of aryl methyl sites for hydroxylation is 1. The zero-order chi connectivity index (χ0) is 26.9. The summed E-state index contributed by atoms with van der Waals surface area (Å²) in [5.41, 5.74) is 12.7. The van der Waals surface area contributed by atoms with Gasteiger partial charge in [0.2, 0.25) is 0 Å². The van der Waals surface area contributed by atoms with Gasteiger partial charge in [-0.05, 0) is 59.4 Å². The fraction of sp³-hybridized carbons (Fsp3) is 0.267. The molecular weight excluding hydrogens is 486 g/mol. The molecule has 5 rings (SSSR count). The monoisotopic (exact) mass is 516 g/mol. The third-order valence-corrected chi connectivity index (χ3v) is 7.05. The molecule has 2 heterocycles. The van der Waals surface area contributed by atoms with Gasteiger partial charge in [0.15, 0.2) is 5.69 Å². The van der Waals surface area contributed by atoms with E-state index in [-0.39, 0.29) is 25.3 Å². The first-order chi connectivity index (χ1) is 18.2. The molecule has 8 heteroatoms. The van der Waals surface area contributed by atoms with Gasteiger partial charge in [0.05, 0.1) is 18.8 Å². The third-order valence-electron chi connectivity index (χ3n) is 7.05. The lowest BCUT2D eigenvalue weighted by Gasteiger charge is -2.21. The molecule has 0 bridgehead atoms. The van der Waals surface area contributed by atoms with E-state index in [1.807, 2.05) is 55.5 Å². The van der Waals surface area contributed by atoms with Crippen molar-refractivity contribution in [3.63, 3.8) is 0 Å². The smallest absolute Gasteiger partial charge is 0.269 e. The molecule has 1 amide bonds. The second-order valence-electron chi connectivity index (χ2n) is 9.99. The lowest BCUT2D eigenvalue weighted by Crippen LogP contribution is -2.32. The van der Waals surface area contributed by atoms with Crippen LogP contribution in [0, 0.1) is 6.92 Å². The largest absolute Gasteiger partial charge is 0.395 e. The summed E-state index contributed by atoms with van der Waals surface area (Å²) < 4.78 is 29.2. The van der Waals surface area contributed by atoms with Crippen molar-refractivity contribution in [3.05, 3.63) is 107 Å². The Morgan fingerprint density at radius 3 is 2.05 bits per heavy atom. The van der Waals surface area contributed by atoms with E-state index in [0.29, 0.717) is 6.54 Å². The van der Waals surface area contributed by atoms with Crippen LogP contribution in [0.15, 0.2) is 78.9 Å². The molecule has 0 radical (unpaired) electrons. The highest BCUT2D eigenvalue weighted by atomic mass is 19.3. The third kappa shape index (κ3) is 5.66. The highest BCUT2D eigenvalue weighted by Crippen LogP contribution is 2.33. The molecule has 6 nitrogen and oxygen atoms in total. The number of primary amides is 1. The van der Waals surface area contributed by atoms with Gasteiger partial charge in [0, 0.05) is 24.7 Å². The number of aliphatic hydroxyl groups excluding tert-OH is 1. The number of aromatic nitrogens is 2. The summed E-state index contributed by atoms with van der Waals surface area (Å²) in [4.78, 5) is 13.1. The van der Waals surface area contributed by atoms with Crippen LogP contribution in [0.5, 0.6) is 0 Å². The van der Waals surface area contributed by atoms with Crippen molar-refractivity contribution < 1.29 is 18.7 Å². The Morgan fingerprint density at radius 1 is 0.974 bits per heavy atom. The molecular formula is C30H30F2N4O2. The number of carbonyl (C=O) groups excluding carboxylic acids is 1. The van der Waals surface area contributed by atoms with Gasteiger partial charge in [0.1, 0.15) is 0 Å². The predicted molar refractivity (Wildman–Crippen MR) is 142 cm³/mol. The molecule has 4 aromatic rings. The predicted octanol–water partition coefficient (Wildman–Crippen LogP) is 4.74. The first kappa shape index (κ1) is 25.8. The van der Waals surface area contributed by atoms with E-state index in [4.69, 9.17) is 5.73 Å². The highest BCUT2D eigenvalue weighted by Gasteiger charge is 2.44. The molecule has 0 spiro atoms. The second-order valence-corrected chi connectivity index (χ2v) is 9.99. The number of rotatable bonds is 8. The molecule has 1 aliphatic heterocycles. The molecule has 1 saturated heterocycles. The Bertz CT molecular complexity index is 1410. The van der Waals surface area contributed by atoms with Crippen molar-refractivity contribution in [1.82, 2.24) is 14.7 Å². The topological polar surface area (TPSA) is 84.4 Å². The summed E-state index contributed by atoms with van der Waals surface area (Å²) in [6.07, 6.45) is 0.483. The van der Waals surface area contributed by atoms with Gasteiger partial charge in [0.25, 0.3) is 11.8 Å². The molecule has 0 saturated carbocycles. The fourth-order valence-electron chi connectivity index (χ4n) is 5.03.